The van der Waals surface area contributed by atoms with Gasteiger partial charge in [0.1, 0.15) is 0 Å². The van der Waals surface area contributed by atoms with E-state index in [0.29, 0.717) is 5.92 Å². The zero-order chi connectivity index (χ0) is 15.5. The molecule has 1 unspecified atom stereocenters. The van der Waals surface area contributed by atoms with Crippen LogP contribution in [0, 0.1) is 0 Å². The Kier molecular flexibility index (Phi) is 2.66. The van der Waals surface area contributed by atoms with Crippen LogP contribution in [-0.4, -0.2) is 5.79 Å². The molecule has 0 radical (unpaired) electrons. The van der Waals surface area contributed by atoms with Crippen molar-refractivity contribution in [3.63, 3.8) is 0 Å². The molecule has 1 heterocycles. The van der Waals surface area contributed by atoms with Gasteiger partial charge in [0.25, 0.3) is 0 Å². The van der Waals surface area contributed by atoms with E-state index < -0.39 is 5.79 Å². The first-order valence-electron chi connectivity index (χ1n) is 7.98. The highest BCUT2D eigenvalue weighted by Crippen LogP contribution is 2.53. The summed E-state index contributed by atoms with van der Waals surface area (Å²) in [5.74, 6) is 1.64. The van der Waals surface area contributed by atoms with Gasteiger partial charge in [-0.2, -0.15) is 0 Å². The van der Waals surface area contributed by atoms with Crippen LogP contribution in [0.5, 0.6) is 11.5 Å². The van der Waals surface area contributed by atoms with Crippen molar-refractivity contribution in [3.8, 4) is 11.5 Å². The van der Waals surface area contributed by atoms with Crippen molar-refractivity contribution in [1.82, 2.24) is 0 Å². The average Bonchev–Trinajstić information content (AvgIpc) is 2.91. The predicted octanol–water partition coefficient (Wildman–Crippen LogP) is 4.81. The van der Waals surface area contributed by atoms with E-state index in [2.05, 4.69) is 50.2 Å². The highest BCUT2D eigenvalue weighted by atomic mass is 16.7. The van der Waals surface area contributed by atoms with Crippen molar-refractivity contribution in [1.29, 1.82) is 0 Å². The van der Waals surface area contributed by atoms with Gasteiger partial charge >= 0.3 is 0 Å². The fraction of sp³-hybridized carbons (Fsp3) is 0.400. The molecule has 0 fully saturated rings. The van der Waals surface area contributed by atoms with Crippen LogP contribution in [0.1, 0.15) is 50.3 Å². The summed E-state index contributed by atoms with van der Waals surface area (Å²) in [5, 5.41) is 0. The second kappa shape index (κ2) is 4.28. The van der Waals surface area contributed by atoms with Crippen LogP contribution in [0.2, 0.25) is 0 Å². The van der Waals surface area contributed by atoms with Crippen molar-refractivity contribution in [3.05, 3.63) is 59.2 Å². The number of hydrogen-bond acceptors (Lipinski definition) is 2. The van der Waals surface area contributed by atoms with Crippen LogP contribution in [0.3, 0.4) is 0 Å². The van der Waals surface area contributed by atoms with Gasteiger partial charge in [-0.15, -0.1) is 0 Å². The van der Waals surface area contributed by atoms with Crippen LogP contribution < -0.4 is 9.47 Å². The molecule has 2 aromatic rings. The van der Waals surface area contributed by atoms with E-state index >= 15 is 0 Å². The largest absolute Gasteiger partial charge is 0.449 e. The monoisotopic (exact) mass is 294 g/mol. The van der Waals surface area contributed by atoms with Crippen molar-refractivity contribution in [2.45, 2.75) is 51.2 Å². The van der Waals surface area contributed by atoms with E-state index in [9.17, 15) is 0 Å². The zero-order valence-electron chi connectivity index (χ0n) is 13.6. The molecule has 2 aliphatic rings. The van der Waals surface area contributed by atoms with Crippen molar-refractivity contribution >= 4 is 0 Å². The first-order valence-corrected chi connectivity index (χ1v) is 7.98. The Morgan fingerprint density at radius 1 is 0.909 bits per heavy atom. The molecule has 1 aliphatic heterocycles. The summed E-state index contributed by atoms with van der Waals surface area (Å²) in [6.07, 6.45) is 1.06. The quantitative estimate of drug-likeness (QED) is 0.751. The first-order chi connectivity index (χ1) is 10.4. The second-order valence-electron chi connectivity index (χ2n) is 7.41. The van der Waals surface area contributed by atoms with E-state index in [1.807, 2.05) is 19.9 Å². The lowest BCUT2D eigenvalue weighted by molar-refractivity contribution is -0.0436. The van der Waals surface area contributed by atoms with E-state index in [0.717, 1.165) is 17.9 Å². The van der Waals surface area contributed by atoms with Gasteiger partial charge < -0.3 is 9.47 Å². The normalized spacial score (nSPS) is 23.4. The topological polar surface area (TPSA) is 18.5 Å². The number of ether oxygens (including phenoxy) is 2. The molecule has 4 rings (SSSR count). The lowest BCUT2D eigenvalue weighted by Gasteiger charge is -2.29. The molecule has 1 aliphatic carbocycles. The molecule has 0 amide bonds. The molecule has 0 N–H and O–H groups in total. The summed E-state index contributed by atoms with van der Waals surface area (Å²) in [6, 6.07) is 15.1. The lowest BCUT2D eigenvalue weighted by atomic mass is 9.75. The predicted molar refractivity (Wildman–Crippen MR) is 87.7 cm³/mol. The Morgan fingerprint density at radius 2 is 1.68 bits per heavy atom. The molecule has 0 aromatic heterocycles. The van der Waals surface area contributed by atoms with E-state index in [1.54, 1.807) is 0 Å². The number of hydrogen-bond donors (Lipinski definition) is 0. The molecule has 0 saturated carbocycles. The van der Waals surface area contributed by atoms with Gasteiger partial charge in [-0.25, -0.2) is 0 Å². The standard InChI is InChI=1S/C20H22O2/c1-19(2)15-10-6-5-8-13(15)12-16(19)14-9-7-11-17-18(14)22-20(3,4)21-17/h5-11,16H,12H2,1-4H3. The zero-order valence-corrected chi connectivity index (χ0v) is 13.6. The minimum Gasteiger partial charge on any atom is -0.449 e. The van der Waals surface area contributed by atoms with Gasteiger partial charge in [-0.05, 0) is 29.0 Å². The van der Waals surface area contributed by atoms with Crippen LogP contribution in [0.25, 0.3) is 0 Å². The van der Waals surface area contributed by atoms with Crippen LogP contribution in [0.15, 0.2) is 42.5 Å². The lowest BCUT2D eigenvalue weighted by Crippen LogP contribution is -2.30. The summed E-state index contributed by atoms with van der Waals surface area (Å²) in [7, 11) is 0. The van der Waals surface area contributed by atoms with Gasteiger partial charge in [0.15, 0.2) is 11.5 Å². The molecule has 2 aromatic carbocycles. The van der Waals surface area contributed by atoms with Gasteiger partial charge in [0.2, 0.25) is 5.79 Å². The Bertz CT molecular complexity index is 743. The van der Waals surface area contributed by atoms with Crippen LogP contribution in [-0.2, 0) is 11.8 Å². The van der Waals surface area contributed by atoms with Gasteiger partial charge in [-0.3, -0.25) is 0 Å². The molecular weight excluding hydrogens is 272 g/mol. The van der Waals surface area contributed by atoms with E-state index in [4.69, 9.17) is 9.47 Å². The Labute approximate surface area is 132 Å². The summed E-state index contributed by atoms with van der Waals surface area (Å²) in [6.45, 7) is 8.60. The number of benzene rings is 2. The summed E-state index contributed by atoms with van der Waals surface area (Å²) in [4.78, 5) is 0. The third-order valence-corrected chi connectivity index (χ3v) is 5.10. The molecule has 0 spiro atoms. The van der Waals surface area contributed by atoms with E-state index in [1.165, 1.54) is 16.7 Å². The van der Waals surface area contributed by atoms with Crippen LogP contribution in [0.4, 0.5) is 0 Å². The average molecular weight is 294 g/mol. The molecule has 2 heteroatoms. The smallest absolute Gasteiger partial charge is 0.246 e. The maximum atomic E-state index is 6.11. The number of fused-ring (bicyclic) bond motifs is 2. The maximum absolute atomic E-state index is 6.11. The molecule has 1 atom stereocenters. The SMILES string of the molecule is CC1(C)Oc2cccc(C3Cc4ccccc4C3(C)C)c2O1. The Balaban J connectivity index is 1.82. The number of para-hydroxylation sites is 1. The fourth-order valence-corrected chi connectivity index (χ4v) is 4.02. The Hall–Kier alpha value is -1.96. The molecule has 0 bridgehead atoms. The van der Waals surface area contributed by atoms with Crippen molar-refractivity contribution in [2.75, 3.05) is 0 Å². The summed E-state index contributed by atoms with van der Waals surface area (Å²) < 4.78 is 12.0. The molecule has 114 valence electrons. The minimum absolute atomic E-state index is 0.0990. The molecule has 0 saturated heterocycles. The minimum atomic E-state index is -0.575. The Morgan fingerprint density at radius 3 is 2.45 bits per heavy atom. The van der Waals surface area contributed by atoms with Gasteiger partial charge in [0.05, 0.1) is 0 Å². The summed E-state index contributed by atoms with van der Waals surface area (Å²) >= 11 is 0. The maximum Gasteiger partial charge on any atom is 0.246 e. The third-order valence-electron chi connectivity index (χ3n) is 5.10. The van der Waals surface area contributed by atoms with Crippen LogP contribution >= 0.6 is 0 Å². The van der Waals surface area contributed by atoms with Gasteiger partial charge in [-0.1, -0.05) is 50.2 Å². The van der Waals surface area contributed by atoms with E-state index in [-0.39, 0.29) is 5.41 Å². The molecule has 2 nitrogen and oxygen atoms in total. The highest BCUT2D eigenvalue weighted by Gasteiger charge is 2.43. The fourth-order valence-electron chi connectivity index (χ4n) is 4.02. The van der Waals surface area contributed by atoms with Crippen molar-refractivity contribution < 1.29 is 9.47 Å². The molecular formula is C20H22O2. The second-order valence-corrected chi connectivity index (χ2v) is 7.41. The highest BCUT2D eigenvalue weighted by molar-refractivity contribution is 5.55. The van der Waals surface area contributed by atoms with Gasteiger partial charge in [0, 0.05) is 25.3 Å². The third kappa shape index (κ3) is 1.86. The summed E-state index contributed by atoms with van der Waals surface area (Å²) in [5.41, 5.74) is 4.27. The van der Waals surface area contributed by atoms with Crippen molar-refractivity contribution in [2.24, 2.45) is 0 Å². The molecule has 22 heavy (non-hydrogen) atoms. The number of rotatable bonds is 1. The first kappa shape index (κ1) is 13.7.